The first-order valence-electron chi connectivity index (χ1n) is 6.21. The predicted octanol–water partition coefficient (Wildman–Crippen LogP) is 1.81. The summed E-state index contributed by atoms with van der Waals surface area (Å²) in [6.07, 6.45) is 2.08. The summed E-state index contributed by atoms with van der Waals surface area (Å²) in [6, 6.07) is 2.43. The number of hydrogen-bond donors (Lipinski definition) is 2. The van der Waals surface area contributed by atoms with Crippen LogP contribution in [0, 0.1) is 6.92 Å². The van der Waals surface area contributed by atoms with E-state index in [1.165, 1.54) is 0 Å². The quantitative estimate of drug-likeness (QED) is 0.835. The molecule has 2 N–H and O–H groups in total. The van der Waals surface area contributed by atoms with Gasteiger partial charge in [-0.1, -0.05) is 0 Å². The van der Waals surface area contributed by atoms with Crippen LogP contribution in [-0.4, -0.2) is 35.8 Å². The topological polar surface area (TPSA) is 59.1 Å². The van der Waals surface area contributed by atoms with E-state index in [0.29, 0.717) is 6.04 Å². The van der Waals surface area contributed by atoms with E-state index in [1.807, 2.05) is 13.0 Å². The maximum absolute atomic E-state index is 5.34. The van der Waals surface area contributed by atoms with E-state index >= 15 is 0 Å². The minimum absolute atomic E-state index is 0.465. The van der Waals surface area contributed by atoms with Crippen molar-refractivity contribution in [3.05, 3.63) is 11.9 Å². The Kier molecular flexibility index (Phi) is 4.14. The van der Waals surface area contributed by atoms with Gasteiger partial charge in [-0.25, -0.2) is 9.97 Å². The van der Waals surface area contributed by atoms with Crippen LogP contribution in [-0.2, 0) is 4.74 Å². The molecule has 1 saturated heterocycles. The van der Waals surface area contributed by atoms with E-state index in [4.69, 9.17) is 4.74 Å². The van der Waals surface area contributed by atoms with Crippen molar-refractivity contribution in [1.82, 2.24) is 9.97 Å². The fourth-order valence-corrected chi connectivity index (χ4v) is 1.96. The van der Waals surface area contributed by atoms with Crippen LogP contribution >= 0.6 is 0 Å². The number of nitrogens with zero attached hydrogens (tertiary/aromatic N) is 2. The Labute approximate surface area is 102 Å². The second-order valence-electron chi connectivity index (χ2n) is 4.25. The molecule has 5 heteroatoms. The molecule has 0 aliphatic carbocycles. The van der Waals surface area contributed by atoms with Crippen LogP contribution in [0.2, 0.25) is 0 Å². The summed E-state index contributed by atoms with van der Waals surface area (Å²) in [4.78, 5) is 8.74. The molecule has 0 bridgehead atoms. The minimum atomic E-state index is 0.465. The van der Waals surface area contributed by atoms with Crippen LogP contribution < -0.4 is 10.6 Å². The van der Waals surface area contributed by atoms with Crippen LogP contribution in [0.5, 0.6) is 0 Å². The van der Waals surface area contributed by atoms with Crippen molar-refractivity contribution in [1.29, 1.82) is 0 Å². The van der Waals surface area contributed by atoms with Gasteiger partial charge in [-0.05, 0) is 26.7 Å². The number of nitrogens with one attached hydrogen (secondary N) is 2. The highest BCUT2D eigenvalue weighted by Crippen LogP contribution is 2.16. The molecule has 1 fully saturated rings. The Bertz CT molecular complexity index is 364. The SMILES string of the molecule is CCNc1cc(NC2CCOCC2)nc(C)n1. The van der Waals surface area contributed by atoms with Gasteiger partial charge in [0.05, 0.1) is 0 Å². The Morgan fingerprint density at radius 3 is 2.71 bits per heavy atom. The number of ether oxygens (including phenoxy) is 1. The molecule has 0 aromatic carbocycles. The fraction of sp³-hybridized carbons (Fsp3) is 0.667. The Balaban J connectivity index is 2.03. The van der Waals surface area contributed by atoms with Gasteiger partial charge in [0, 0.05) is 31.9 Å². The van der Waals surface area contributed by atoms with Crippen LogP contribution in [0.1, 0.15) is 25.6 Å². The van der Waals surface area contributed by atoms with E-state index in [-0.39, 0.29) is 0 Å². The molecule has 1 aliphatic rings. The highest BCUT2D eigenvalue weighted by Gasteiger charge is 2.14. The molecule has 0 saturated carbocycles. The first-order chi connectivity index (χ1) is 8.28. The molecule has 5 nitrogen and oxygen atoms in total. The summed E-state index contributed by atoms with van der Waals surface area (Å²) in [6.45, 7) is 6.51. The molecule has 0 spiro atoms. The first kappa shape index (κ1) is 12.1. The Hall–Kier alpha value is -1.36. The molecule has 1 aromatic heterocycles. The monoisotopic (exact) mass is 236 g/mol. The van der Waals surface area contributed by atoms with Gasteiger partial charge in [0.25, 0.3) is 0 Å². The van der Waals surface area contributed by atoms with Crippen molar-refractivity contribution in [2.24, 2.45) is 0 Å². The first-order valence-corrected chi connectivity index (χ1v) is 6.21. The molecule has 0 unspecified atom stereocenters. The van der Waals surface area contributed by atoms with Crippen LogP contribution in [0.15, 0.2) is 6.07 Å². The molecule has 0 radical (unpaired) electrons. The van der Waals surface area contributed by atoms with E-state index in [2.05, 4.69) is 27.5 Å². The molecule has 0 atom stereocenters. The van der Waals surface area contributed by atoms with Gasteiger partial charge < -0.3 is 15.4 Å². The zero-order valence-corrected chi connectivity index (χ0v) is 10.5. The third kappa shape index (κ3) is 3.56. The van der Waals surface area contributed by atoms with E-state index in [1.54, 1.807) is 0 Å². The lowest BCUT2D eigenvalue weighted by Crippen LogP contribution is -2.28. The molecule has 1 aromatic rings. The molecule has 2 heterocycles. The van der Waals surface area contributed by atoms with Crippen LogP contribution in [0.3, 0.4) is 0 Å². The van der Waals surface area contributed by atoms with Crippen molar-refractivity contribution >= 4 is 11.6 Å². The molecule has 94 valence electrons. The van der Waals surface area contributed by atoms with Gasteiger partial charge in [-0.15, -0.1) is 0 Å². The summed E-state index contributed by atoms with van der Waals surface area (Å²) >= 11 is 0. The number of aryl methyl sites for hydroxylation is 1. The lowest BCUT2D eigenvalue weighted by molar-refractivity contribution is 0.0904. The van der Waals surface area contributed by atoms with E-state index < -0.39 is 0 Å². The van der Waals surface area contributed by atoms with Crippen molar-refractivity contribution in [2.45, 2.75) is 32.7 Å². The van der Waals surface area contributed by atoms with Gasteiger partial charge >= 0.3 is 0 Å². The lowest BCUT2D eigenvalue weighted by atomic mass is 10.1. The van der Waals surface area contributed by atoms with Gasteiger partial charge in [-0.3, -0.25) is 0 Å². The summed E-state index contributed by atoms with van der Waals surface area (Å²) in [7, 11) is 0. The average molecular weight is 236 g/mol. The summed E-state index contributed by atoms with van der Waals surface area (Å²) in [5.74, 6) is 2.58. The van der Waals surface area contributed by atoms with Gasteiger partial charge in [0.2, 0.25) is 0 Å². The van der Waals surface area contributed by atoms with Crippen molar-refractivity contribution in [2.75, 3.05) is 30.4 Å². The molecular weight excluding hydrogens is 216 g/mol. The maximum atomic E-state index is 5.34. The minimum Gasteiger partial charge on any atom is -0.381 e. The van der Waals surface area contributed by atoms with Crippen LogP contribution in [0.25, 0.3) is 0 Å². The van der Waals surface area contributed by atoms with E-state index in [0.717, 1.165) is 50.1 Å². The Morgan fingerprint density at radius 2 is 2.00 bits per heavy atom. The van der Waals surface area contributed by atoms with Crippen molar-refractivity contribution in [3.8, 4) is 0 Å². The number of aromatic nitrogens is 2. The zero-order chi connectivity index (χ0) is 12.1. The second kappa shape index (κ2) is 5.82. The number of anilines is 2. The second-order valence-corrected chi connectivity index (χ2v) is 4.25. The molecule has 1 aliphatic heterocycles. The molecular formula is C12H20N4O. The predicted molar refractivity (Wildman–Crippen MR) is 68.4 cm³/mol. The molecule has 17 heavy (non-hydrogen) atoms. The van der Waals surface area contributed by atoms with Gasteiger partial charge in [-0.2, -0.15) is 0 Å². The summed E-state index contributed by atoms with van der Waals surface area (Å²) in [5.41, 5.74) is 0. The highest BCUT2D eigenvalue weighted by atomic mass is 16.5. The average Bonchev–Trinajstić information content (AvgIpc) is 2.30. The summed E-state index contributed by atoms with van der Waals surface area (Å²) < 4.78 is 5.34. The van der Waals surface area contributed by atoms with E-state index in [9.17, 15) is 0 Å². The maximum Gasteiger partial charge on any atom is 0.132 e. The third-order valence-corrected chi connectivity index (χ3v) is 2.77. The smallest absolute Gasteiger partial charge is 0.132 e. The van der Waals surface area contributed by atoms with Gasteiger partial charge in [0.15, 0.2) is 0 Å². The fourth-order valence-electron chi connectivity index (χ4n) is 1.96. The van der Waals surface area contributed by atoms with Crippen molar-refractivity contribution in [3.63, 3.8) is 0 Å². The number of hydrogen-bond acceptors (Lipinski definition) is 5. The molecule has 0 amide bonds. The standard InChI is InChI=1S/C12H20N4O/c1-3-13-11-8-12(15-9(2)14-11)16-10-4-6-17-7-5-10/h8,10H,3-7H2,1-2H3,(H2,13,14,15,16). The largest absolute Gasteiger partial charge is 0.381 e. The van der Waals surface area contributed by atoms with Crippen molar-refractivity contribution < 1.29 is 4.74 Å². The highest BCUT2D eigenvalue weighted by molar-refractivity contribution is 5.47. The lowest BCUT2D eigenvalue weighted by Gasteiger charge is -2.23. The van der Waals surface area contributed by atoms with Gasteiger partial charge in [0.1, 0.15) is 17.5 Å². The zero-order valence-electron chi connectivity index (χ0n) is 10.5. The van der Waals surface area contributed by atoms with Crippen LogP contribution in [0.4, 0.5) is 11.6 Å². The normalized spacial score (nSPS) is 16.8. The summed E-state index contributed by atoms with van der Waals surface area (Å²) in [5, 5.41) is 6.66. The Morgan fingerprint density at radius 1 is 1.29 bits per heavy atom. The third-order valence-electron chi connectivity index (χ3n) is 2.77. The molecule has 2 rings (SSSR count). The number of rotatable bonds is 4.